The molecule has 9 heterocycles. The highest BCUT2D eigenvalue weighted by Gasteiger charge is 2.42. The molecule has 0 aromatic heterocycles. The van der Waals surface area contributed by atoms with E-state index in [1.807, 2.05) is 187 Å². The monoisotopic (exact) mass is 1540 g/mol. The molecule has 109 heavy (non-hydrogen) atoms. The number of aliphatic hydroxyl groups excluding tert-OH is 2. The van der Waals surface area contributed by atoms with Gasteiger partial charge < -0.3 is 58.1 Å². The van der Waals surface area contributed by atoms with E-state index in [0.717, 1.165) is 71.1 Å². The summed E-state index contributed by atoms with van der Waals surface area (Å²) in [6.07, 6.45) is 8.32. The van der Waals surface area contributed by atoms with E-state index in [4.69, 9.17) is 5.11 Å². The first-order valence-electron chi connectivity index (χ1n) is 40.7. The van der Waals surface area contributed by atoms with Crippen LogP contribution in [0.4, 0.5) is 4.39 Å². The lowest BCUT2D eigenvalue weighted by molar-refractivity contribution is -0.129. The maximum absolute atomic E-state index is 12.7. The van der Waals surface area contributed by atoms with Crippen molar-refractivity contribution < 1.29 is 67.3 Å². The Morgan fingerprint density at radius 1 is 0.413 bits per heavy atom. The summed E-state index contributed by atoms with van der Waals surface area (Å²) < 4.78 is 12.7. The van der Waals surface area contributed by atoms with Gasteiger partial charge in [-0.2, -0.15) is 0 Å². The molecule has 1 amide bonds. The number of rotatable bonds is 10. The number of hydrogen-bond acceptors (Lipinski definition) is 21. The number of carbonyl (C=O) groups is 11. The molecule has 632 valence electrons. The molecule has 9 saturated heterocycles. The van der Waals surface area contributed by atoms with Crippen molar-refractivity contribution in [2.24, 2.45) is 66.0 Å². The first kappa shape index (κ1) is 103. The van der Waals surface area contributed by atoms with Gasteiger partial charge in [0.2, 0.25) is 5.91 Å². The van der Waals surface area contributed by atoms with Crippen molar-refractivity contribution >= 4 is 63.7 Å². The van der Waals surface area contributed by atoms with Gasteiger partial charge in [0.25, 0.3) is 0 Å². The fraction of sp³-hybridized carbons (Fsp3) is 0.872. The largest absolute Gasteiger partial charge is 0.396 e. The predicted molar refractivity (Wildman–Crippen MR) is 436 cm³/mol. The quantitative estimate of drug-likeness (QED) is 0.0968. The molecule has 23 heteroatoms. The number of β-amino-alcohol motifs (C(OH)–C–C–N with tert-alkyl or cyclic N) is 1. The molecule has 9 aliphatic heterocycles. The number of amides is 1. The van der Waals surface area contributed by atoms with E-state index < -0.39 is 6.17 Å². The van der Waals surface area contributed by atoms with E-state index in [0.29, 0.717) is 86.8 Å². The van der Waals surface area contributed by atoms with Crippen LogP contribution in [-0.2, 0) is 52.7 Å². The van der Waals surface area contributed by atoms with Crippen LogP contribution in [0.15, 0.2) is 0 Å². The van der Waals surface area contributed by atoms with E-state index in [-0.39, 0.29) is 168 Å². The Morgan fingerprint density at radius 2 is 0.798 bits per heavy atom. The standard InChI is InChI=1S/C11H21NO.C10H19NO2.2C10H19NO.C9H16FNO.C9H17NO2.2C9H15NO2.C9H17NO/c1-10(2,3)9(13)8-6-11(4,5)7-12-8;1-10(2,3)9(13)8-4-7(6-12)5-11-8;1-7-5-8(11-6-7)9(12)10(2,3)4;1-7-5-6-8(11-7)9(12)10(2,3)4;1-9(2,3)8(12)7-4-6(10)5-11-7;2*1-9(2,3)8(12)7-4-6(11)5-10-7;1-9(2,3)8(12)6-4-5-7(11)10-6;1-9(2,3)8(11)7-5-4-6-10-7/h8,12H,6-7H2,1-5H3;7-8,11-12H,4-6H2,1-3H3;2*7-8,11H,5-6H2,1-4H3;6-7,11H,4-5H2,1-3H3;6-7,10-11H,4-5H2,1-3H3;7,10H,4-5H2,1-3H3;6H,4-5H2,1-3H3,(H,10,11);7,10H,4-6H2,1-3H3/t8-;3*7-,8+;6-,7+;6-,7-;7-;6-;7-/m011110000/s1. The number of hydrogen-bond donors (Lipinski definition) is 11. The SMILES string of the molecule is CC(C)(C)C(=O)[C@@H]1CC(=O)CN1.CC(C)(C)C(=O)[C@@H]1CCC(=O)N1.CC(C)(C)C(=O)[C@@H]1CCCN1.CC(C)(C)C(=O)[C@@H]1C[C@@H](CO)CN1.CC(C)(C)C(=O)[C@@H]1C[C@@H](F)CN1.CC(C)(C)C(=O)[C@@H]1C[C@H](O)CN1.CC1(C)CN[C@H](C(=O)C(C)(C)C)C1.C[C@@H]1CC[C@@H](C(=O)C(C)(C)C)N1.C[C@H]1CN[C@H](C(=O)C(C)(C)C)C1. The summed E-state index contributed by atoms with van der Waals surface area (Å²) >= 11 is 0. The van der Waals surface area contributed by atoms with Crippen molar-refractivity contribution in [1.29, 1.82) is 0 Å². The zero-order valence-electron chi connectivity index (χ0n) is 74.0. The topological polar surface area (TPSA) is 336 Å². The van der Waals surface area contributed by atoms with Gasteiger partial charge in [-0.15, -0.1) is 0 Å². The number of aliphatic hydroxyl groups is 2. The van der Waals surface area contributed by atoms with Crippen molar-refractivity contribution in [2.75, 3.05) is 52.4 Å². The summed E-state index contributed by atoms with van der Waals surface area (Å²) in [5.74, 6) is 3.28. The predicted octanol–water partition coefficient (Wildman–Crippen LogP) is 10.3. The van der Waals surface area contributed by atoms with Gasteiger partial charge in [-0.1, -0.05) is 208 Å². The van der Waals surface area contributed by atoms with Crippen LogP contribution in [0.5, 0.6) is 0 Å². The molecule has 0 unspecified atom stereocenters. The van der Waals surface area contributed by atoms with Crippen LogP contribution in [0.25, 0.3) is 0 Å². The van der Waals surface area contributed by atoms with Gasteiger partial charge in [0.05, 0.1) is 67.0 Å². The lowest BCUT2D eigenvalue weighted by Crippen LogP contribution is -2.40. The average molecular weight is 1550 g/mol. The minimum atomic E-state index is -0.846. The van der Waals surface area contributed by atoms with Crippen LogP contribution < -0.4 is 47.9 Å². The summed E-state index contributed by atoms with van der Waals surface area (Å²) in [6, 6.07) is 0.0263. The Hall–Kier alpha value is -4.30. The van der Waals surface area contributed by atoms with Crippen LogP contribution in [-0.4, -0.2) is 199 Å². The second kappa shape index (κ2) is 42.9. The second-order valence-electron chi connectivity index (χ2n) is 42.2. The van der Waals surface area contributed by atoms with Gasteiger partial charge in [0.1, 0.15) is 12.0 Å². The van der Waals surface area contributed by atoms with Crippen molar-refractivity contribution in [3.63, 3.8) is 0 Å². The molecule has 0 aromatic carbocycles. The first-order chi connectivity index (χ1) is 49.1. The number of halogens is 1. The van der Waals surface area contributed by atoms with Gasteiger partial charge in [-0.3, -0.25) is 52.7 Å². The molecule has 0 saturated carbocycles. The van der Waals surface area contributed by atoms with Gasteiger partial charge in [-0.05, 0) is 95.1 Å². The Bertz CT molecular complexity index is 2760. The number of carbonyl (C=O) groups excluding carboxylic acids is 11. The minimum Gasteiger partial charge on any atom is -0.396 e. The number of nitrogens with one attached hydrogen (secondary N) is 9. The molecule has 9 fully saturated rings. The Balaban J connectivity index is 0.000000613. The van der Waals surface area contributed by atoms with E-state index >= 15 is 0 Å². The van der Waals surface area contributed by atoms with Gasteiger partial charge in [0, 0.05) is 107 Å². The van der Waals surface area contributed by atoms with Crippen molar-refractivity contribution in [2.45, 2.75) is 364 Å². The first-order valence-corrected chi connectivity index (χ1v) is 40.7. The molecule has 0 bridgehead atoms. The Morgan fingerprint density at radius 3 is 1.11 bits per heavy atom. The molecule has 22 nitrogen and oxygen atoms in total. The third-order valence-electron chi connectivity index (χ3n) is 20.5. The molecule has 9 rings (SSSR count). The lowest BCUT2D eigenvalue weighted by Gasteiger charge is -2.22. The van der Waals surface area contributed by atoms with E-state index in [2.05, 4.69) is 75.5 Å². The van der Waals surface area contributed by atoms with Crippen molar-refractivity contribution in [3.05, 3.63) is 0 Å². The lowest BCUT2D eigenvalue weighted by atomic mass is 9.82. The maximum atomic E-state index is 12.7. The normalized spacial score (nSPS) is 28.2. The molecule has 0 radical (unpaired) electrons. The fourth-order valence-corrected chi connectivity index (χ4v) is 13.7. The van der Waals surface area contributed by atoms with Crippen LogP contribution in [0.1, 0.15) is 292 Å². The maximum Gasteiger partial charge on any atom is 0.220 e. The highest BCUT2D eigenvalue weighted by molar-refractivity contribution is 5.97. The molecule has 14 atom stereocenters. The van der Waals surface area contributed by atoms with Crippen LogP contribution in [0.2, 0.25) is 0 Å². The fourth-order valence-electron chi connectivity index (χ4n) is 13.7. The molecule has 0 spiro atoms. The molecular weight excluding hydrogens is 1390 g/mol. The van der Waals surface area contributed by atoms with E-state index in [9.17, 15) is 62.2 Å². The van der Waals surface area contributed by atoms with Gasteiger partial charge in [0.15, 0.2) is 52.0 Å². The molecule has 11 N–H and O–H groups in total. The van der Waals surface area contributed by atoms with Crippen LogP contribution in [0.3, 0.4) is 0 Å². The van der Waals surface area contributed by atoms with Gasteiger partial charge in [-0.25, -0.2) is 4.39 Å². The zero-order valence-corrected chi connectivity index (χ0v) is 74.0. The summed E-state index contributed by atoms with van der Waals surface area (Å²) in [5.41, 5.74) is -2.12. The Labute approximate surface area is 658 Å². The zero-order chi connectivity index (χ0) is 84.9. The number of Topliss-reactive ketones (excluding diaryl/α,β-unsaturated/α-hetero) is 10. The Kier molecular flexibility index (Phi) is 40.4. The summed E-state index contributed by atoms with van der Waals surface area (Å²) in [5, 5.41) is 45.8. The number of ketones is 10. The van der Waals surface area contributed by atoms with E-state index in [1.54, 1.807) is 0 Å². The van der Waals surface area contributed by atoms with Crippen LogP contribution >= 0.6 is 0 Å². The van der Waals surface area contributed by atoms with Crippen molar-refractivity contribution in [1.82, 2.24) is 47.9 Å². The minimum absolute atomic E-state index is 0.00222. The van der Waals surface area contributed by atoms with E-state index in [1.165, 1.54) is 0 Å². The van der Waals surface area contributed by atoms with Crippen LogP contribution in [0, 0.1) is 66.0 Å². The molecular formula is C86H158FN9O13. The third-order valence-corrected chi connectivity index (χ3v) is 20.5. The highest BCUT2D eigenvalue weighted by atomic mass is 19.1. The highest BCUT2D eigenvalue weighted by Crippen LogP contribution is 2.33. The van der Waals surface area contributed by atoms with Gasteiger partial charge >= 0.3 is 0 Å². The van der Waals surface area contributed by atoms with Crippen molar-refractivity contribution in [3.8, 4) is 0 Å². The summed E-state index contributed by atoms with van der Waals surface area (Å²) in [4.78, 5) is 127. The second-order valence-corrected chi connectivity index (χ2v) is 42.2. The summed E-state index contributed by atoms with van der Waals surface area (Å²) in [7, 11) is 0. The molecule has 9 aliphatic rings. The number of alkyl halides is 1. The average Bonchev–Trinajstić information content (AvgIpc) is 1.69. The smallest absolute Gasteiger partial charge is 0.220 e. The summed E-state index contributed by atoms with van der Waals surface area (Å²) in [6.45, 7) is 66.0. The molecule has 0 aliphatic carbocycles. The third kappa shape index (κ3) is 37.7. The molecule has 0 aromatic rings.